The van der Waals surface area contributed by atoms with Crippen LogP contribution in [0.2, 0.25) is 0 Å². The smallest absolute Gasteiger partial charge is 0.309 e. The maximum atomic E-state index is 12.2. The molecule has 27 heavy (non-hydrogen) atoms. The van der Waals surface area contributed by atoms with E-state index in [0.717, 1.165) is 25.9 Å². The lowest BCUT2D eigenvalue weighted by Gasteiger charge is -2.27. The first-order valence-electron chi connectivity index (χ1n) is 9.07. The van der Waals surface area contributed by atoms with Gasteiger partial charge in [0.05, 0.1) is 56.3 Å². The summed E-state index contributed by atoms with van der Waals surface area (Å²) in [7, 11) is 1.44. The number of rotatable bonds is 8. The van der Waals surface area contributed by atoms with E-state index in [9.17, 15) is 19.7 Å². The van der Waals surface area contributed by atoms with Crippen LogP contribution in [-0.2, 0) is 14.3 Å². The number of likely N-dealkylation sites (tertiary alicyclic amines) is 1. The van der Waals surface area contributed by atoms with Crippen molar-refractivity contribution in [2.75, 3.05) is 38.7 Å². The first-order valence-corrected chi connectivity index (χ1v) is 9.07. The van der Waals surface area contributed by atoms with Crippen LogP contribution >= 0.6 is 0 Å². The lowest BCUT2D eigenvalue weighted by atomic mass is 9.97. The zero-order valence-corrected chi connectivity index (χ0v) is 15.7. The van der Waals surface area contributed by atoms with Crippen molar-refractivity contribution in [2.45, 2.75) is 26.2 Å². The minimum Gasteiger partial charge on any atom is -0.495 e. The molecule has 1 aromatic rings. The number of ether oxygens (including phenoxy) is 2. The number of hydrogen-bond acceptors (Lipinski definition) is 6. The first-order chi connectivity index (χ1) is 12.9. The fraction of sp³-hybridized carbons (Fsp3) is 0.556. The van der Waals surface area contributed by atoms with Crippen molar-refractivity contribution in [3.63, 3.8) is 0 Å². The van der Waals surface area contributed by atoms with Crippen LogP contribution in [0.3, 0.4) is 0 Å². The molecule has 1 aliphatic heterocycles. The highest BCUT2D eigenvalue weighted by atomic mass is 16.6. The van der Waals surface area contributed by atoms with Gasteiger partial charge in [0, 0.05) is 25.0 Å². The molecule has 1 fully saturated rings. The van der Waals surface area contributed by atoms with Gasteiger partial charge in [-0.2, -0.15) is 0 Å². The van der Waals surface area contributed by atoms with Crippen LogP contribution in [0.25, 0.3) is 0 Å². The lowest BCUT2D eigenvalue weighted by Crippen LogP contribution is -3.13. The maximum Gasteiger partial charge on any atom is 0.309 e. The quantitative estimate of drug-likeness (QED) is 0.392. The Hall–Kier alpha value is -2.68. The Morgan fingerprint density at radius 2 is 2.04 bits per heavy atom. The minimum absolute atomic E-state index is 0.0448. The number of carbonyl (C=O) groups is 2. The predicted molar refractivity (Wildman–Crippen MR) is 97.8 cm³/mol. The van der Waals surface area contributed by atoms with E-state index in [4.69, 9.17) is 9.47 Å². The van der Waals surface area contributed by atoms with Crippen molar-refractivity contribution in [2.24, 2.45) is 5.92 Å². The molecule has 9 heteroatoms. The molecule has 0 spiro atoms. The van der Waals surface area contributed by atoms with E-state index in [2.05, 4.69) is 5.32 Å². The number of anilines is 1. The van der Waals surface area contributed by atoms with Crippen molar-refractivity contribution in [3.8, 4) is 5.75 Å². The van der Waals surface area contributed by atoms with Gasteiger partial charge in [0.2, 0.25) is 5.91 Å². The lowest BCUT2D eigenvalue weighted by molar-refractivity contribution is -0.905. The number of hydrogen-bond donors (Lipinski definition) is 2. The summed E-state index contributed by atoms with van der Waals surface area (Å²) in [5, 5.41) is 13.6. The second kappa shape index (κ2) is 9.86. The van der Waals surface area contributed by atoms with E-state index in [1.54, 1.807) is 6.92 Å². The zero-order valence-electron chi connectivity index (χ0n) is 15.7. The number of nitrogens with one attached hydrogen (secondary N) is 2. The van der Waals surface area contributed by atoms with Crippen LogP contribution < -0.4 is 15.0 Å². The van der Waals surface area contributed by atoms with E-state index in [1.165, 1.54) is 30.2 Å². The molecule has 0 unspecified atom stereocenters. The van der Waals surface area contributed by atoms with E-state index < -0.39 is 4.92 Å². The van der Waals surface area contributed by atoms with Gasteiger partial charge >= 0.3 is 5.97 Å². The fourth-order valence-corrected chi connectivity index (χ4v) is 3.18. The molecule has 2 N–H and O–H groups in total. The van der Waals surface area contributed by atoms with Gasteiger partial charge in [-0.1, -0.05) is 0 Å². The van der Waals surface area contributed by atoms with Crippen LogP contribution in [0, 0.1) is 16.0 Å². The standard InChI is InChI=1S/C18H25N3O6/c1-3-27-18(23)13-6-9-20(10-7-13)11-8-17(22)19-15-12-14(21(24)25)4-5-16(15)26-2/h4-5,12-13H,3,6-11H2,1-2H3,(H,19,22)/p+1. The van der Waals surface area contributed by atoms with Gasteiger partial charge in [-0.15, -0.1) is 0 Å². The summed E-state index contributed by atoms with van der Waals surface area (Å²) in [6.45, 7) is 4.47. The number of nitrogens with zero attached hydrogens (tertiary/aromatic N) is 1. The average molecular weight is 380 g/mol. The first kappa shape index (κ1) is 20.6. The molecule has 0 saturated carbocycles. The van der Waals surface area contributed by atoms with Crippen molar-refractivity contribution >= 4 is 23.3 Å². The number of benzene rings is 1. The molecule has 0 radical (unpaired) electrons. The second-order valence-electron chi connectivity index (χ2n) is 6.47. The SMILES string of the molecule is CCOC(=O)C1CC[NH+](CCC(=O)Nc2cc([N+](=O)[O-])ccc2OC)CC1. The molecular weight excluding hydrogens is 354 g/mol. The highest BCUT2D eigenvalue weighted by molar-refractivity contribution is 5.92. The largest absolute Gasteiger partial charge is 0.495 e. The minimum atomic E-state index is -0.521. The van der Waals surface area contributed by atoms with Crippen molar-refractivity contribution in [3.05, 3.63) is 28.3 Å². The molecular formula is C18H26N3O6+. The summed E-state index contributed by atoms with van der Waals surface area (Å²) in [5.74, 6) is -0.0333. The van der Waals surface area contributed by atoms with Gasteiger partial charge in [-0.3, -0.25) is 19.7 Å². The van der Waals surface area contributed by atoms with Gasteiger partial charge < -0.3 is 19.7 Å². The summed E-state index contributed by atoms with van der Waals surface area (Å²) >= 11 is 0. The maximum absolute atomic E-state index is 12.2. The molecule has 0 bridgehead atoms. The van der Waals surface area contributed by atoms with Gasteiger partial charge in [-0.25, -0.2) is 0 Å². The summed E-state index contributed by atoms with van der Waals surface area (Å²) in [4.78, 5) is 35.6. The van der Waals surface area contributed by atoms with Crippen molar-refractivity contribution < 1.29 is 28.9 Å². The van der Waals surface area contributed by atoms with Crippen LogP contribution in [0.5, 0.6) is 5.75 Å². The van der Waals surface area contributed by atoms with Crippen molar-refractivity contribution in [1.29, 1.82) is 0 Å². The molecule has 1 aromatic carbocycles. The summed E-state index contributed by atoms with van der Waals surface area (Å²) < 4.78 is 10.2. The van der Waals surface area contributed by atoms with Gasteiger partial charge in [0.25, 0.3) is 5.69 Å². The Kier molecular flexibility index (Phi) is 7.54. The third kappa shape index (κ3) is 5.92. The Balaban J connectivity index is 1.83. The van der Waals surface area contributed by atoms with E-state index in [0.29, 0.717) is 18.9 Å². The molecule has 1 saturated heterocycles. The van der Waals surface area contributed by atoms with E-state index in [-0.39, 0.29) is 35.6 Å². The molecule has 0 aromatic heterocycles. The average Bonchev–Trinajstić information content (AvgIpc) is 2.66. The molecule has 0 atom stereocenters. The van der Waals surface area contributed by atoms with Crippen LogP contribution in [0.15, 0.2) is 18.2 Å². The number of quaternary nitrogens is 1. The molecule has 1 aliphatic rings. The highest BCUT2D eigenvalue weighted by Crippen LogP contribution is 2.28. The molecule has 9 nitrogen and oxygen atoms in total. The molecule has 1 amide bonds. The Bertz CT molecular complexity index is 686. The Morgan fingerprint density at radius 3 is 2.63 bits per heavy atom. The zero-order chi connectivity index (χ0) is 19.8. The number of nitro groups is 1. The summed E-state index contributed by atoms with van der Waals surface area (Å²) in [6.07, 6.45) is 1.80. The van der Waals surface area contributed by atoms with E-state index >= 15 is 0 Å². The number of nitro benzene ring substituents is 1. The van der Waals surface area contributed by atoms with Gasteiger partial charge in [0.15, 0.2) is 0 Å². The highest BCUT2D eigenvalue weighted by Gasteiger charge is 2.28. The number of amides is 1. The normalized spacial score (nSPS) is 19.2. The monoisotopic (exact) mass is 380 g/mol. The number of non-ortho nitro benzene ring substituents is 1. The fourth-order valence-electron chi connectivity index (χ4n) is 3.18. The second-order valence-corrected chi connectivity index (χ2v) is 6.47. The number of carbonyl (C=O) groups excluding carboxylic acids is 2. The van der Waals surface area contributed by atoms with Crippen molar-refractivity contribution in [1.82, 2.24) is 0 Å². The predicted octanol–water partition coefficient (Wildman–Crippen LogP) is 0.790. The Morgan fingerprint density at radius 1 is 1.33 bits per heavy atom. The number of piperidine rings is 1. The van der Waals surface area contributed by atoms with Gasteiger partial charge in [0.1, 0.15) is 5.75 Å². The van der Waals surface area contributed by atoms with E-state index in [1.807, 2.05) is 0 Å². The van der Waals surface area contributed by atoms with Gasteiger partial charge in [-0.05, 0) is 13.0 Å². The third-order valence-electron chi connectivity index (χ3n) is 4.69. The number of esters is 1. The molecule has 2 rings (SSSR count). The third-order valence-corrected chi connectivity index (χ3v) is 4.69. The molecule has 148 valence electrons. The summed E-state index contributed by atoms with van der Waals surface area (Å²) in [6, 6.07) is 4.07. The number of methoxy groups -OCH3 is 1. The van der Waals surface area contributed by atoms with Crippen LogP contribution in [0.4, 0.5) is 11.4 Å². The Labute approximate surface area is 157 Å². The summed E-state index contributed by atoms with van der Waals surface area (Å²) in [5.41, 5.74) is 0.172. The molecule has 0 aliphatic carbocycles. The topological polar surface area (TPSA) is 112 Å². The van der Waals surface area contributed by atoms with Crippen LogP contribution in [-0.4, -0.2) is 50.2 Å². The van der Waals surface area contributed by atoms with Crippen LogP contribution in [0.1, 0.15) is 26.2 Å². The molecule has 1 heterocycles.